The molecule has 0 fully saturated rings. The summed E-state index contributed by atoms with van der Waals surface area (Å²) >= 11 is 5.91. The van der Waals surface area contributed by atoms with E-state index in [0.29, 0.717) is 34.2 Å². The summed E-state index contributed by atoms with van der Waals surface area (Å²) in [5, 5.41) is 15.6. The fourth-order valence-electron chi connectivity index (χ4n) is 3.45. The van der Waals surface area contributed by atoms with Crippen LogP contribution in [-0.2, 0) is 19.1 Å². The van der Waals surface area contributed by atoms with Crippen LogP contribution >= 0.6 is 11.6 Å². The summed E-state index contributed by atoms with van der Waals surface area (Å²) in [5.41, 5.74) is 1.76. The first-order valence-corrected chi connectivity index (χ1v) is 10.7. The fraction of sp³-hybridized carbons (Fsp3) is 0.273. The molecule has 0 saturated carbocycles. The van der Waals surface area contributed by atoms with E-state index in [2.05, 4.69) is 20.7 Å². The standard InChI is InChI=1S/C22H21ClN6O4/c1-3-17(29-26-20(25-27-29)14-8-10-15(23)11-9-14)22(32)33-13(2)21(31)28-12-19(30)24-16-6-4-5-7-18(16)28/h4-11,13,17H,3,12H2,1-2H3,(H,24,30)/t13-,17-/m1/s1. The number of carbonyl (C=O) groups is 3. The van der Waals surface area contributed by atoms with Crippen LogP contribution in [0.3, 0.4) is 0 Å². The van der Waals surface area contributed by atoms with Crippen LogP contribution in [0.4, 0.5) is 11.4 Å². The van der Waals surface area contributed by atoms with Gasteiger partial charge in [0.2, 0.25) is 11.7 Å². The Balaban J connectivity index is 1.47. The lowest BCUT2D eigenvalue weighted by Crippen LogP contribution is -2.47. The summed E-state index contributed by atoms with van der Waals surface area (Å²) in [6.45, 7) is 3.08. The molecule has 0 spiro atoms. The van der Waals surface area contributed by atoms with E-state index < -0.39 is 24.0 Å². The van der Waals surface area contributed by atoms with E-state index in [1.165, 1.54) is 16.6 Å². The van der Waals surface area contributed by atoms with Gasteiger partial charge in [0.05, 0.1) is 11.4 Å². The van der Waals surface area contributed by atoms with Gasteiger partial charge in [-0.1, -0.05) is 30.7 Å². The number of benzene rings is 2. The number of ether oxygens (including phenoxy) is 1. The molecule has 1 aliphatic rings. The Labute approximate surface area is 194 Å². The lowest BCUT2D eigenvalue weighted by atomic mass is 10.1. The monoisotopic (exact) mass is 468 g/mol. The van der Waals surface area contributed by atoms with Crippen LogP contribution in [0, 0.1) is 0 Å². The van der Waals surface area contributed by atoms with Crippen LogP contribution in [-0.4, -0.2) is 50.6 Å². The smallest absolute Gasteiger partial charge is 0.333 e. The van der Waals surface area contributed by atoms with E-state index >= 15 is 0 Å². The first kappa shape index (κ1) is 22.4. The van der Waals surface area contributed by atoms with Crippen molar-refractivity contribution in [2.24, 2.45) is 0 Å². The van der Waals surface area contributed by atoms with Crippen LogP contribution in [0.5, 0.6) is 0 Å². The molecule has 0 radical (unpaired) electrons. The molecule has 11 heteroatoms. The van der Waals surface area contributed by atoms with Crippen molar-refractivity contribution in [3.63, 3.8) is 0 Å². The third-order valence-electron chi connectivity index (χ3n) is 5.15. The number of hydrogen-bond acceptors (Lipinski definition) is 7. The summed E-state index contributed by atoms with van der Waals surface area (Å²) in [5.74, 6) is -1.17. The Morgan fingerprint density at radius 2 is 1.91 bits per heavy atom. The lowest BCUT2D eigenvalue weighted by Gasteiger charge is -2.31. The lowest BCUT2D eigenvalue weighted by molar-refractivity contribution is -0.158. The Hall–Kier alpha value is -3.79. The van der Waals surface area contributed by atoms with Crippen molar-refractivity contribution in [1.29, 1.82) is 0 Å². The maximum Gasteiger partial charge on any atom is 0.333 e. The molecular formula is C22H21ClN6O4. The topological polar surface area (TPSA) is 119 Å². The minimum Gasteiger partial charge on any atom is -0.451 e. The van der Waals surface area contributed by atoms with E-state index in [1.807, 2.05) is 0 Å². The van der Waals surface area contributed by atoms with Gasteiger partial charge in [-0.05, 0) is 55.0 Å². The fourth-order valence-corrected chi connectivity index (χ4v) is 3.57. The zero-order valence-corrected chi connectivity index (χ0v) is 18.7. The number of rotatable bonds is 6. The molecule has 2 heterocycles. The average Bonchev–Trinajstić information content (AvgIpc) is 3.28. The Morgan fingerprint density at radius 3 is 2.64 bits per heavy atom. The third-order valence-corrected chi connectivity index (χ3v) is 5.40. The maximum absolute atomic E-state index is 13.0. The summed E-state index contributed by atoms with van der Waals surface area (Å²) in [6, 6.07) is 13.0. The van der Waals surface area contributed by atoms with Gasteiger partial charge in [0.1, 0.15) is 6.54 Å². The second-order valence-electron chi connectivity index (χ2n) is 7.43. The predicted octanol–water partition coefficient (Wildman–Crippen LogP) is 2.86. The number of nitrogens with zero attached hydrogens (tertiary/aromatic N) is 5. The Morgan fingerprint density at radius 1 is 1.18 bits per heavy atom. The van der Waals surface area contributed by atoms with Gasteiger partial charge in [-0.2, -0.15) is 0 Å². The molecule has 0 unspecified atom stereocenters. The third kappa shape index (κ3) is 4.70. The van der Waals surface area contributed by atoms with Crippen molar-refractivity contribution in [2.45, 2.75) is 32.4 Å². The first-order chi connectivity index (χ1) is 15.9. The number of amides is 2. The highest BCUT2D eigenvalue weighted by Gasteiger charge is 2.33. The quantitative estimate of drug-likeness (QED) is 0.552. The number of carbonyl (C=O) groups excluding carboxylic acids is 3. The molecule has 1 N–H and O–H groups in total. The van der Waals surface area contributed by atoms with Gasteiger partial charge < -0.3 is 10.1 Å². The van der Waals surface area contributed by atoms with Gasteiger partial charge >= 0.3 is 5.97 Å². The SMILES string of the molecule is CC[C@H](C(=O)O[C@H](C)C(=O)N1CC(=O)Nc2ccccc21)n1nnc(-c2ccc(Cl)cc2)n1. The number of aromatic nitrogens is 4. The number of hydrogen-bond donors (Lipinski definition) is 1. The highest BCUT2D eigenvalue weighted by atomic mass is 35.5. The highest BCUT2D eigenvalue weighted by Crippen LogP contribution is 2.29. The number of anilines is 2. The molecule has 170 valence electrons. The summed E-state index contributed by atoms with van der Waals surface area (Å²) in [7, 11) is 0. The molecule has 0 saturated heterocycles. The van der Waals surface area contributed by atoms with Crippen LogP contribution < -0.4 is 10.2 Å². The highest BCUT2D eigenvalue weighted by molar-refractivity contribution is 6.30. The number of halogens is 1. The molecule has 1 aromatic heterocycles. The molecule has 2 amide bonds. The molecule has 33 heavy (non-hydrogen) atoms. The van der Waals surface area contributed by atoms with E-state index in [0.717, 1.165) is 0 Å². The van der Waals surface area contributed by atoms with Crippen molar-refractivity contribution in [3.05, 3.63) is 53.6 Å². The minimum absolute atomic E-state index is 0.163. The number of fused-ring (bicyclic) bond motifs is 1. The molecule has 0 aliphatic carbocycles. The molecule has 10 nitrogen and oxygen atoms in total. The first-order valence-electron chi connectivity index (χ1n) is 10.3. The summed E-state index contributed by atoms with van der Waals surface area (Å²) < 4.78 is 5.45. The normalized spacial score (nSPS) is 14.8. The van der Waals surface area contributed by atoms with Gasteiger partial charge in [-0.25, -0.2) is 4.79 Å². The largest absolute Gasteiger partial charge is 0.451 e. The molecule has 0 bridgehead atoms. The summed E-state index contributed by atoms with van der Waals surface area (Å²) in [4.78, 5) is 40.4. The van der Waals surface area contributed by atoms with E-state index in [4.69, 9.17) is 16.3 Å². The summed E-state index contributed by atoms with van der Waals surface area (Å²) in [6.07, 6.45) is -0.796. The van der Waals surface area contributed by atoms with Crippen molar-refractivity contribution >= 4 is 40.8 Å². The van der Waals surface area contributed by atoms with Crippen LogP contribution in [0.25, 0.3) is 11.4 Å². The van der Waals surface area contributed by atoms with Gasteiger partial charge in [-0.3, -0.25) is 14.5 Å². The van der Waals surface area contributed by atoms with Gasteiger partial charge in [-0.15, -0.1) is 15.0 Å². The zero-order chi connectivity index (χ0) is 23.5. The molecule has 1 aliphatic heterocycles. The van der Waals surface area contributed by atoms with Crippen molar-refractivity contribution < 1.29 is 19.1 Å². The van der Waals surface area contributed by atoms with Gasteiger partial charge in [0.25, 0.3) is 5.91 Å². The van der Waals surface area contributed by atoms with Crippen LogP contribution in [0.2, 0.25) is 5.02 Å². The van der Waals surface area contributed by atoms with Crippen molar-refractivity contribution in [2.75, 3.05) is 16.8 Å². The van der Waals surface area contributed by atoms with E-state index in [9.17, 15) is 14.4 Å². The number of para-hydroxylation sites is 2. The Bertz CT molecular complexity index is 1200. The van der Waals surface area contributed by atoms with Crippen molar-refractivity contribution in [1.82, 2.24) is 20.2 Å². The van der Waals surface area contributed by atoms with E-state index in [1.54, 1.807) is 55.5 Å². The van der Waals surface area contributed by atoms with Crippen molar-refractivity contribution in [3.8, 4) is 11.4 Å². The second-order valence-corrected chi connectivity index (χ2v) is 7.87. The molecule has 3 aromatic rings. The molecular weight excluding hydrogens is 448 g/mol. The zero-order valence-electron chi connectivity index (χ0n) is 17.9. The molecule has 2 atom stereocenters. The Kier molecular flexibility index (Phi) is 6.36. The van der Waals surface area contributed by atoms with Gasteiger partial charge in [0, 0.05) is 10.6 Å². The second kappa shape index (κ2) is 9.37. The number of nitrogens with one attached hydrogen (secondary N) is 1. The molecule has 2 aromatic carbocycles. The van der Waals surface area contributed by atoms with Crippen LogP contribution in [0.15, 0.2) is 48.5 Å². The minimum atomic E-state index is -1.12. The maximum atomic E-state index is 13.0. The predicted molar refractivity (Wildman–Crippen MR) is 121 cm³/mol. The van der Waals surface area contributed by atoms with Gasteiger partial charge in [0.15, 0.2) is 12.1 Å². The number of tetrazole rings is 1. The molecule has 4 rings (SSSR count). The number of esters is 1. The van der Waals surface area contributed by atoms with E-state index in [-0.39, 0.29) is 12.5 Å². The average molecular weight is 469 g/mol. The van der Waals surface area contributed by atoms with Crippen LogP contribution in [0.1, 0.15) is 26.3 Å².